The predicted octanol–water partition coefficient (Wildman–Crippen LogP) is 11.6. The molecule has 0 spiro atoms. The van der Waals surface area contributed by atoms with Crippen molar-refractivity contribution in [2.24, 2.45) is 0 Å². The Bertz CT molecular complexity index is 3880. The first-order valence-electron chi connectivity index (χ1n) is 24.6. The van der Waals surface area contributed by atoms with Gasteiger partial charge in [0, 0.05) is 19.5 Å². The van der Waals surface area contributed by atoms with Gasteiger partial charge in [0.1, 0.15) is 23.0 Å². The van der Waals surface area contributed by atoms with Gasteiger partial charge in [0.15, 0.2) is 0 Å². The number of amides is 8. The molecule has 0 radical (unpaired) electrons. The number of hydrogen-bond acceptors (Lipinski definition) is 10. The zero-order valence-corrected chi connectivity index (χ0v) is 42.5. The molecule has 0 saturated heterocycles. The summed E-state index contributed by atoms with van der Waals surface area (Å²) in [6, 6.07) is 49.9. The number of ether oxygens (including phenoxy) is 2. The Labute approximate surface area is 442 Å². The normalized spacial score (nSPS) is 14.5. The summed E-state index contributed by atoms with van der Waals surface area (Å²) in [5.41, 5.74) is 9.05. The van der Waals surface area contributed by atoms with Gasteiger partial charge in [-0.2, -0.15) is 0 Å². The van der Waals surface area contributed by atoms with Crippen LogP contribution in [-0.4, -0.2) is 71.2 Å². The second-order valence-electron chi connectivity index (χ2n) is 19.7. The molecule has 0 unspecified atom stereocenters. The number of benzene rings is 8. The number of anilines is 2. The SMILES string of the molecule is Cc1ccc(N2C(=O)c3ccc(-c4ccc5c(c4)C(=O)N(C)C5=O)cc3C2=O)cc1.Cc1ccc(N2C(=O)c3ccc(Oc4ccc(C(C)(C)c5ccc(Oc6ccc7c(c6)C(=O)N(C)C7=O)cc5)cc4)cc3C2=O)cc1. The lowest BCUT2D eigenvalue weighted by atomic mass is 9.78. The van der Waals surface area contributed by atoms with E-state index in [1.54, 1.807) is 97.1 Å². The third-order valence-electron chi connectivity index (χ3n) is 14.4. The molecule has 0 fully saturated rings. The van der Waals surface area contributed by atoms with Crippen molar-refractivity contribution in [3.05, 3.63) is 237 Å². The fourth-order valence-electron chi connectivity index (χ4n) is 9.82. The van der Waals surface area contributed by atoms with E-state index in [4.69, 9.17) is 9.47 Å². The van der Waals surface area contributed by atoms with Gasteiger partial charge in [-0.3, -0.25) is 48.2 Å². The molecule has 0 atom stereocenters. The van der Waals surface area contributed by atoms with E-state index in [1.807, 2.05) is 86.6 Å². The highest BCUT2D eigenvalue weighted by atomic mass is 16.5. The summed E-state index contributed by atoms with van der Waals surface area (Å²) in [5.74, 6) is -0.656. The third kappa shape index (κ3) is 8.51. The van der Waals surface area contributed by atoms with Crippen LogP contribution in [0.25, 0.3) is 11.1 Å². The molecule has 4 aliphatic rings. The number of rotatable bonds is 9. The maximum atomic E-state index is 13.2. The Kier molecular flexibility index (Phi) is 11.9. The van der Waals surface area contributed by atoms with Crippen LogP contribution < -0.4 is 19.3 Å². The average molecular weight is 1020 g/mol. The van der Waals surface area contributed by atoms with Crippen molar-refractivity contribution >= 4 is 58.6 Å². The summed E-state index contributed by atoms with van der Waals surface area (Å²) >= 11 is 0. The molecule has 12 rings (SSSR count). The first-order valence-corrected chi connectivity index (χ1v) is 24.6. The third-order valence-corrected chi connectivity index (χ3v) is 14.4. The second kappa shape index (κ2) is 18.7. The van der Waals surface area contributed by atoms with Gasteiger partial charge in [0.25, 0.3) is 47.3 Å². The smallest absolute Gasteiger partial charge is 0.266 e. The Morgan fingerprint density at radius 1 is 0.312 bits per heavy atom. The Morgan fingerprint density at radius 2 is 0.597 bits per heavy atom. The van der Waals surface area contributed by atoms with Crippen LogP contribution in [-0.2, 0) is 5.41 Å². The van der Waals surface area contributed by atoms with Crippen molar-refractivity contribution in [1.82, 2.24) is 9.80 Å². The summed E-state index contributed by atoms with van der Waals surface area (Å²) < 4.78 is 12.1. The molecule has 4 heterocycles. The molecular weight excluding hydrogens is 973 g/mol. The standard InChI is InChI=1S/C39H30N2O6.C24H16N2O4/c1-23-5-11-26(12-6-23)41-37(44)32-20-18-30(22-34(32)38(41)45)47-28-15-9-25(10-16-28)39(2,3)24-7-13-27(14-8-24)46-29-17-19-31-33(21-29)36(43)40(4)35(31)42;1-13-3-7-16(8-4-13)26-23(29)18-10-6-15(12-20(18)24(26)30)14-5-9-17-19(11-14)22(28)25(2)21(17)27/h5-22H,1-4H3;3-12H,1-2H3. The van der Waals surface area contributed by atoms with E-state index in [0.29, 0.717) is 90.0 Å². The topological polar surface area (TPSA) is 168 Å². The zero-order valence-electron chi connectivity index (χ0n) is 42.5. The number of imide groups is 4. The number of fused-ring (bicyclic) bond motifs is 4. The number of carbonyl (C=O) groups excluding carboxylic acids is 8. The highest BCUT2D eigenvalue weighted by Crippen LogP contribution is 2.38. The molecule has 0 aliphatic carbocycles. The monoisotopic (exact) mass is 1020 g/mol. The van der Waals surface area contributed by atoms with E-state index in [9.17, 15) is 38.4 Å². The Hall–Kier alpha value is -10.1. The molecule has 8 aromatic carbocycles. The van der Waals surface area contributed by atoms with E-state index in [0.717, 1.165) is 32.1 Å². The summed E-state index contributed by atoms with van der Waals surface area (Å²) in [4.78, 5) is 106. The van der Waals surface area contributed by atoms with Gasteiger partial charge in [0.2, 0.25) is 0 Å². The molecule has 0 bridgehead atoms. The van der Waals surface area contributed by atoms with Crippen molar-refractivity contribution < 1.29 is 47.8 Å². The fourth-order valence-corrected chi connectivity index (χ4v) is 9.82. The van der Waals surface area contributed by atoms with Gasteiger partial charge in [-0.25, -0.2) is 9.80 Å². The molecule has 0 aromatic heterocycles. The van der Waals surface area contributed by atoms with Crippen LogP contribution in [0.2, 0.25) is 0 Å². The van der Waals surface area contributed by atoms with Crippen LogP contribution in [0.1, 0.15) is 119 Å². The number of hydrogen-bond donors (Lipinski definition) is 0. The van der Waals surface area contributed by atoms with E-state index >= 15 is 0 Å². The van der Waals surface area contributed by atoms with E-state index in [1.165, 1.54) is 23.9 Å². The van der Waals surface area contributed by atoms with Gasteiger partial charge < -0.3 is 9.47 Å². The van der Waals surface area contributed by atoms with Crippen LogP contribution in [0.15, 0.2) is 170 Å². The molecule has 14 nitrogen and oxygen atoms in total. The minimum atomic E-state index is -0.382. The van der Waals surface area contributed by atoms with E-state index < -0.39 is 0 Å². The number of nitrogens with zero attached hydrogens (tertiary/aromatic N) is 4. The maximum absolute atomic E-state index is 13.2. The van der Waals surface area contributed by atoms with Crippen LogP contribution >= 0.6 is 0 Å². The summed E-state index contributed by atoms with van der Waals surface area (Å²) in [6.07, 6.45) is 0. The molecule has 77 heavy (non-hydrogen) atoms. The Morgan fingerprint density at radius 3 is 0.987 bits per heavy atom. The van der Waals surface area contributed by atoms with Crippen molar-refractivity contribution in [3.8, 4) is 34.1 Å². The molecule has 0 N–H and O–H groups in total. The van der Waals surface area contributed by atoms with Crippen molar-refractivity contribution in [1.29, 1.82) is 0 Å². The second-order valence-corrected chi connectivity index (χ2v) is 19.7. The van der Waals surface area contributed by atoms with Crippen LogP contribution in [0.4, 0.5) is 11.4 Å². The van der Waals surface area contributed by atoms with Gasteiger partial charge in [-0.1, -0.05) is 85.6 Å². The van der Waals surface area contributed by atoms with Gasteiger partial charge in [0.05, 0.1) is 55.9 Å². The molecule has 8 aromatic rings. The van der Waals surface area contributed by atoms with E-state index in [2.05, 4.69) is 13.8 Å². The van der Waals surface area contributed by atoms with Crippen molar-refractivity contribution in [2.45, 2.75) is 33.1 Å². The van der Waals surface area contributed by atoms with Crippen LogP contribution in [0.5, 0.6) is 23.0 Å². The highest BCUT2D eigenvalue weighted by molar-refractivity contribution is 6.35. The lowest BCUT2D eigenvalue weighted by Gasteiger charge is -2.26. The highest BCUT2D eigenvalue weighted by Gasteiger charge is 2.39. The summed E-state index contributed by atoms with van der Waals surface area (Å²) in [7, 11) is 2.91. The zero-order chi connectivity index (χ0) is 54.2. The quantitative estimate of drug-likeness (QED) is 0.127. The van der Waals surface area contributed by atoms with Crippen molar-refractivity contribution in [3.63, 3.8) is 0 Å². The molecule has 4 aliphatic heterocycles. The molecule has 14 heteroatoms. The minimum absolute atomic E-state index is 0.311. The molecule has 8 amide bonds. The van der Waals surface area contributed by atoms with E-state index in [-0.39, 0.29) is 52.7 Å². The average Bonchev–Trinajstić information content (AvgIpc) is 4.15. The first kappa shape index (κ1) is 49.1. The fraction of sp³-hybridized carbons (Fsp3) is 0.111. The maximum Gasteiger partial charge on any atom is 0.266 e. The largest absolute Gasteiger partial charge is 0.457 e. The summed E-state index contributed by atoms with van der Waals surface area (Å²) in [6.45, 7) is 8.14. The number of carbonyl (C=O) groups is 8. The van der Waals surface area contributed by atoms with Gasteiger partial charge >= 0.3 is 0 Å². The molecular formula is C63H46N4O10. The lowest BCUT2D eigenvalue weighted by Crippen LogP contribution is -2.29. The number of aryl methyl sites for hydroxylation is 2. The van der Waals surface area contributed by atoms with Gasteiger partial charge in [-0.15, -0.1) is 0 Å². The molecule has 0 saturated carbocycles. The first-order chi connectivity index (χ1) is 36.9. The minimum Gasteiger partial charge on any atom is -0.457 e. The lowest BCUT2D eigenvalue weighted by molar-refractivity contribution is 0.0677. The predicted molar refractivity (Wildman–Crippen MR) is 287 cm³/mol. The van der Waals surface area contributed by atoms with Crippen LogP contribution in [0.3, 0.4) is 0 Å². The van der Waals surface area contributed by atoms with Crippen molar-refractivity contribution in [2.75, 3.05) is 23.9 Å². The molecule has 378 valence electrons. The van der Waals surface area contributed by atoms with Gasteiger partial charge in [-0.05, 0) is 145 Å². The summed E-state index contributed by atoms with van der Waals surface area (Å²) in [5, 5.41) is 0. The van der Waals surface area contributed by atoms with Crippen LogP contribution in [0, 0.1) is 13.8 Å². The Balaban J connectivity index is 0.000000181.